The molecule has 1 aromatic rings. The highest BCUT2D eigenvalue weighted by atomic mass is 16.3. The van der Waals surface area contributed by atoms with E-state index >= 15 is 0 Å². The van der Waals surface area contributed by atoms with Gasteiger partial charge >= 0.3 is 11.8 Å². The molecule has 0 saturated heterocycles. The topological polar surface area (TPSA) is 78.4 Å². The summed E-state index contributed by atoms with van der Waals surface area (Å²) in [5.41, 5.74) is 1.61. The molecule has 0 aromatic heterocycles. The van der Waals surface area contributed by atoms with Crippen LogP contribution in [0.25, 0.3) is 0 Å². The van der Waals surface area contributed by atoms with Crippen molar-refractivity contribution < 1.29 is 14.7 Å². The Morgan fingerprint density at radius 3 is 2.37 bits per heavy atom. The van der Waals surface area contributed by atoms with Gasteiger partial charge in [-0.3, -0.25) is 9.59 Å². The van der Waals surface area contributed by atoms with Gasteiger partial charge in [-0.15, -0.1) is 0 Å². The van der Waals surface area contributed by atoms with Gasteiger partial charge in [0.15, 0.2) is 0 Å². The summed E-state index contributed by atoms with van der Waals surface area (Å²) in [6.07, 6.45) is -0.681. The van der Waals surface area contributed by atoms with Crippen LogP contribution in [0.15, 0.2) is 24.3 Å². The van der Waals surface area contributed by atoms with Crippen molar-refractivity contribution in [2.75, 3.05) is 11.9 Å². The molecule has 0 bridgehead atoms. The van der Waals surface area contributed by atoms with Crippen LogP contribution in [0.1, 0.15) is 32.3 Å². The number of carbonyl (C=O) groups excluding carboxylic acids is 2. The number of aliphatic hydroxyl groups excluding tert-OH is 1. The molecular formula is C14H20N2O3. The van der Waals surface area contributed by atoms with Crippen molar-refractivity contribution in [3.05, 3.63) is 29.8 Å². The van der Waals surface area contributed by atoms with E-state index in [1.807, 2.05) is 26.0 Å². The SMILES string of the molecule is CC(C)c1ccccc1NC(=O)C(=O)NC[C@H](C)O. The van der Waals surface area contributed by atoms with Crippen LogP contribution in [0, 0.1) is 0 Å². The van der Waals surface area contributed by atoms with E-state index in [-0.39, 0.29) is 12.5 Å². The van der Waals surface area contributed by atoms with Gasteiger partial charge < -0.3 is 15.7 Å². The van der Waals surface area contributed by atoms with Gasteiger partial charge in [0.05, 0.1) is 6.10 Å². The van der Waals surface area contributed by atoms with Crippen LogP contribution in [-0.2, 0) is 9.59 Å². The summed E-state index contributed by atoms with van der Waals surface area (Å²) in [7, 11) is 0. The molecule has 0 fully saturated rings. The van der Waals surface area contributed by atoms with Crippen LogP contribution in [0.4, 0.5) is 5.69 Å². The summed E-state index contributed by atoms with van der Waals surface area (Å²) in [6.45, 7) is 5.61. The number of hydrogen-bond donors (Lipinski definition) is 3. The lowest BCUT2D eigenvalue weighted by Gasteiger charge is -2.13. The molecule has 0 saturated carbocycles. The second-order valence-electron chi connectivity index (χ2n) is 4.76. The highest BCUT2D eigenvalue weighted by Crippen LogP contribution is 2.23. The molecule has 1 rings (SSSR count). The Hall–Kier alpha value is -1.88. The first-order valence-electron chi connectivity index (χ1n) is 6.28. The molecule has 0 radical (unpaired) electrons. The largest absolute Gasteiger partial charge is 0.392 e. The third-order valence-corrected chi connectivity index (χ3v) is 2.60. The third-order valence-electron chi connectivity index (χ3n) is 2.60. The summed E-state index contributed by atoms with van der Waals surface area (Å²) >= 11 is 0. The zero-order valence-electron chi connectivity index (χ0n) is 11.4. The molecule has 5 heteroatoms. The Labute approximate surface area is 113 Å². The number of rotatable bonds is 4. The highest BCUT2D eigenvalue weighted by Gasteiger charge is 2.16. The maximum absolute atomic E-state index is 11.7. The van der Waals surface area contributed by atoms with E-state index in [0.29, 0.717) is 5.69 Å². The molecule has 2 amide bonds. The maximum atomic E-state index is 11.7. The van der Waals surface area contributed by atoms with Crippen molar-refractivity contribution >= 4 is 17.5 Å². The van der Waals surface area contributed by atoms with Crippen LogP contribution >= 0.6 is 0 Å². The minimum Gasteiger partial charge on any atom is -0.392 e. The van der Waals surface area contributed by atoms with Gasteiger partial charge in [-0.25, -0.2) is 0 Å². The van der Waals surface area contributed by atoms with Crippen LogP contribution in [-0.4, -0.2) is 29.6 Å². The van der Waals surface area contributed by atoms with Crippen LogP contribution < -0.4 is 10.6 Å². The van der Waals surface area contributed by atoms with Crippen molar-refractivity contribution in [2.24, 2.45) is 0 Å². The van der Waals surface area contributed by atoms with Crippen LogP contribution in [0.3, 0.4) is 0 Å². The number of carbonyl (C=O) groups is 2. The monoisotopic (exact) mass is 264 g/mol. The Morgan fingerprint density at radius 2 is 1.79 bits per heavy atom. The standard InChI is InChI=1S/C14H20N2O3/c1-9(2)11-6-4-5-7-12(11)16-14(19)13(18)15-8-10(3)17/h4-7,9-10,17H,8H2,1-3H3,(H,15,18)(H,16,19)/t10-/m0/s1. The first-order chi connectivity index (χ1) is 8.91. The van der Waals surface area contributed by atoms with Crippen molar-refractivity contribution in [1.29, 1.82) is 0 Å². The maximum Gasteiger partial charge on any atom is 0.313 e. The molecule has 1 aromatic carbocycles. The predicted molar refractivity (Wildman–Crippen MR) is 73.9 cm³/mol. The van der Waals surface area contributed by atoms with E-state index < -0.39 is 17.9 Å². The van der Waals surface area contributed by atoms with Crippen molar-refractivity contribution in [3.63, 3.8) is 0 Å². The van der Waals surface area contributed by atoms with E-state index in [0.717, 1.165) is 5.56 Å². The molecule has 3 N–H and O–H groups in total. The fraction of sp³-hybridized carbons (Fsp3) is 0.429. The number of aliphatic hydroxyl groups is 1. The normalized spacial score (nSPS) is 12.1. The van der Waals surface area contributed by atoms with Crippen molar-refractivity contribution in [3.8, 4) is 0 Å². The van der Waals surface area contributed by atoms with Crippen molar-refractivity contribution in [2.45, 2.75) is 32.8 Å². The number of nitrogens with one attached hydrogen (secondary N) is 2. The van der Waals surface area contributed by atoms with Gasteiger partial charge in [0, 0.05) is 12.2 Å². The van der Waals surface area contributed by atoms with E-state index in [2.05, 4.69) is 10.6 Å². The van der Waals surface area contributed by atoms with Gasteiger partial charge in [0.25, 0.3) is 0 Å². The Balaban J connectivity index is 2.69. The van der Waals surface area contributed by atoms with E-state index in [1.54, 1.807) is 12.1 Å². The number of benzene rings is 1. The number of para-hydroxylation sites is 1. The molecule has 0 unspecified atom stereocenters. The quantitative estimate of drug-likeness (QED) is 0.716. The Kier molecular flexibility index (Phi) is 5.51. The van der Waals surface area contributed by atoms with Gasteiger partial charge in [0.2, 0.25) is 0 Å². The van der Waals surface area contributed by atoms with Gasteiger partial charge in [-0.05, 0) is 24.5 Å². The molecule has 1 atom stereocenters. The zero-order valence-corrected chi connectivity index (χ0v) is 11.4. The summed E-state index contributed by atoms with van der Waals surface area (Å²) in [5.74, 6) is -1.23. The second-order valence-corrected chi connectivity index (χ2v) is 4.76. The van der Waals surface area contributed by atoms with Crippen molar-refractivity contribution in [1.82, 2.24) is 5.32 Å². The van der Waals surface area contributed by atoms with E-state index in [9.17, 15) is 9.59 Å². The first kappa shape index (κ1) is 15.2. The molecule has 19 heavy (non-hydrogen) atoms. The minimum absolute atomic E-state index is 0.0537. The molecule has 0 spiro atoms. The van der Waals surface area contributed by atoms with E-state index in [1.165, 1.54) is 6.92 Å². The molecule has 5 nitrogen and oxygen atoms in total. The molecular weight excluding hydrogens is 244 g/mol. The summed E-state index contributed by atoms with van der Waals surface area (Å²) in [4.78, 5) is 23.2. The highest BCUT2D eigenvalue weighted by molar-refractivity contribution is 6.39. The first-order valence-corrected chi connectivity index (χ1v) is 6.28. The van der Waals surface area contributed by atoms with Crippen LogP contribution in [0.2, 0.25) is 0 Å². The molecule has 0 aliphatic rings. The van der Waals surface area contributed by atoms with Crippen LogP contribution in [0.5, 0.6) is 0 Å². The average Bonchev–Trinajstić information content (AvgIpc) is 2.36. The predicted octanol–water partition coefficient (Wildman–Crippen LogP) is 1.25. The summed E-state index contributed by atoms with van der Waals surface area (Å²) in [5, 5.41) is 14.0. The second kappa shape index (κ2) is 6.89. The van der Waals surface area contributed by atoms with Gasteiger partial charge in [-0.2, -0.15) is 0 Å². The third kappa shape index (κ3) is 4.71. The number of amides is 2. The number of anilines is 1. The lowest BCUT2D eigenvalue weighted by atomic mass is 10.0. The van der Waals surface area contributed by atoms with Gasteiger partial charge in [0.1, 0.15) is 0 Å². The number of hydrogen-bond acceptors (Lipinski definition) is 3. The molecule has 0 aliphatic carbocycles. The van der Waals surface area contributed by atoms with E-state index in [4.69, 9.17) is 5.11 Å². The smallest absolute Gasteiger partial charge is 0.313 e. The fourth-order valence-electron chi connectivity index (χ4n) is 1.61. The zero-order chi connectivity index (χ0) is 14.4. The lowest BCUT2D eigenvalue weighted by Crippen LogP contribution is -2.39. The summed E-state index contributed by atoms with van der Waals surface area (Å²) in [6, 6.07) is 7.36. The summed E-state index contributed by atoms with van der Waals surface area (Å²) < 4.78 is 0. The van der Waals surface area contributed by atoms with Gasteiger partial charge in [-0.1, -0.05) is 32.0 Å². The average molecular weight is 264 g/mol. The molecule has 0 heterocycles. The Bertz CT molecular complexity index is 456. The fourth-order valence-corrected chi connectivity index (χ4v) is 1.61. The molecule has 104 valence electrons. The lowest BCUT2D eigenvalue weighted by molar-refractivity contribution is -0.136. The Morgan fingerprint density at radius 1 is 1.16 bits per heavy atom. The minimum atomic E-state index is -0.751. The molecule has 0 aliphatic heterocycles.